The molecule has 0 saturated heterocycles. The number of ketones is 1. The lowest BCUT2D eigenvalue weighted by atomic mass is 10.1. The van der Waals surface area contributed by atoms with Crippen LogP contribution in [0.1, 0.15) is 20.8 Å². The summed E-state index contributed by atoms with van der Waals surface area (Å²) in [5.74, 6) is 1.25. The van der Waals surface area contributed by atoms with E-state index < -0.39 is 0 Å². The first-order valence-corrected chi connectivity index (χ1v) is 7.20. The number of thiophene rings is 1. The summed E-state index contributed by atoms with van der Waals surface area (Å²) in [6, 6.07) is 9.13. The summed E-state index contributed by atoms with van der Waals surface area (Å²) in [5, 5.41) is 10.5. The first kappa shape index (κ1) is 13.4. The van der Waals surface area contributed by atoms with E-state index in [0.29, 0.717) is 22.8 Å². The fourth-order valence-corrected chi connectivity index (χ4v) is 2.78. The largest absolute Gasteiger partial charge is 0.478 e. The van der Waals surface area contributed by atoms with Crippen LogP contribution >= 0.6 is 11.3 Å². The monoisotopic (exact) mass is 297 g/mol. The highest BCUT2D eigenvalue weighted by Gasteiger charge is 2.30. The van der Waals surface area contributed by atoms with Crippen LogP contribution in [0.4, 0.5) is 0 Å². The third-order valence-corrected chi connectivity index (χ3v) is 3.96. The van der Waals surface area contributed by atoms with Crippen molar-refractivity contribution in [2.75, 3.05) is 6.61 Å². The van der Waals surface area contributed by atoms with Crippen molar-refractivity contribution in [3.8, 4) is 17.6 Å². The van der Waals surface area contributed by atoms with Crippen LogP contribution < -0.4 is 9.47 Å². The Kier molecular flexibility index (Phi) is 3.46. The van der Waals surface area contributed by atoms with E-state index in [9.17, 15) is 4.79 Å². The third-order valence-electron chi connectivity index (χ3n) is 3.15. The Balaban J connectivity index is 1.96. The Bertz CT molecular complexity index is 770. The Morgan fingerprint density at radius 2 is 2.29 bits per heavy atom. The summed E-state index contributed by atoms with van der Waals surface area (Å²) in [4.78, 5) is 13.3. The highest BCUT2D eigenvalue weighted by Crippen LogP contribution is 2.39. The van der Waals surface area contributed by atoms with Gasteiger partial charge in [-0.25, -0.2) is 0 Å². The summed E-state index contributed by atoms with van der Waals surface area (Å²) in [6.45, 7) is 1.78. The molecule has 0 spiro atoms. The molecule has 1 aromatic heterocycles. The number of ether oxygens (including phenoxy) is 2. The molecule has 0 fully saturated rings. The zero-order valence-corrected chi connectivity index (χ0v) is 12.1. The van der Waals surface area contributed by atoms with E-state index in [4.69, 9.17) is 14.7 Å². The predicted molar refractivity (Wildman–Crippen MR) is 79.5 cm³/mol. The minimum absolute atomic E-state index is 0.0362. The van der Waals surface area contributed by atoms with Crippen LogP contribution in [0.3, 0.4) is 0 Å². The van der Waals surface area contributed by atoms with Crippen LogP contribution in [0, 0.1) is 18.3 Å². The molecular formula is C16H11NO3S. The third kappa shape index (κ3) is 2.41. The highest BCUT2D eigenvalue weighted by atomic mass is 32.1. The molecule has 3 rings (SSSR count). The quantitative estimate of drug-likeness (QED) is 0.813. The first-order valence-electron chi connectivity index (χ1n) is 6.32. The molecule has 0 radical (unpaired) electrons. The second kappa shape index (κ2) is 5.43. The van der Waals surface area contributed by atoms with Crippen LogP contribution in [-0.2, 0) is 0 Å². The average molecular weight is 297 g/mol. The number of hydrogen-bond acceptors (Lipinski definition) is 5. The second-order valence-corrected chi connectivity index (χ2v) is 5.45. The smallest absolute Gasteiger partial charge is 0.232 e. The fraction of sp³-hybridized carbons (Fsp3) is 0.125. The molecule has 5 heteroatoms. The zero-order chi connectivity index (χ0) is 14.8. The lowest BCUT2D eigenvalue weighted by Crippen LogP contribution is -1.97. The van der Waals surface area contributed by atoms with Gasteiger partial charge < -0.3 is 9.47 Å². The molecule has 4 nitrogen and oxygen atoms in total. The number of nitrogens with zero attached hydrogens (tertiary/aromatic N) is 1. The van der Waals surface area contributed by atoms with Gasteiger partial charge in [-0.1, -0.05) is 6.07 Å². The van der Waals surface area contributed by atoms with Crippen molar-refractivity contribution in [1.82, 2.24) is 0 Å². The summed E-state index contributed by atoms with van der Waals surface area (Å²) < 4.78 is 11.0. The number of carbonyl (C=O) groups excluding carboxylic acids is 1. The van der Waals surface area contributed by atoms with Crippen molar-refractivity contribution in [3.63, 3.8) is 0 Å². The molecule has 2 heterocycles. The van der Waals surface area contributed by atoms with Crippen LogP contribution in [0.5, 0.6) is 11.5 Å². The van der Waals surface area contributed by atoms with Crippen LogP contribution in [0.25, 0.3) is 6.08 Å². The van der Waals surface area contributed by atoms with Gasteiger partial charge >= 0.3 is 0 Å². The highest BCUT2D eigenvalue weighted by molar-refractivity contribution is 7.10. The Hall–Kier alpha value is -2.58. The minimum Gasteiger partial charge on any atom is -0.478 e. The SMILES string of the molecule is Cc1c(OCC#N)ccc2c1O/C(=C\c1cccs1)C2=O. The molecule has 0 N–H and O–H groups in total. The van der Waals surface area contributed by atoms with Gasteiger partial charge in [0.1, 0.15) is 17.6 Å². The summed E-state index contributed by atoms with van der Waals surface area (Å²) in [7, 11) is 0. The lowest BCUT2D eigenvalue weighted by Gasteiger charge is -2.08. The van der Waals surface area contributed by atoms with E-state index >= 15 is 0 Å². The van der Waals surface area contributed by atoms with Crippen LogP contribution in [0.2, 0.25) is 0 Å². The molecule has 104 valence electrons. The van der Waals surface area contributed by atoms with Gasteiger partial charge in [0.25, 0.3) is 0 Å². The summed E-state index contributed by atoms with van der Waals surface area (Å²) in [5.41, 5.74) is 1.25. The van der Waals surface area contributed by atoms with Gasteiger partial charge in [0.05, 0.1) is 5.56 Å². The minimum atomic E-state index is -0.131. The topological polar surface area (TPSA) is 59.3 Å². The fourth-order valence-electron chi connectivity index (χ4n) is 2.14. The number of carbonyl (C=O) groups is 1. The number of Topliss-reactive ketones (excluding diaryl/α,β-unsaturated/α-hetero) is 1. The molecule has 0 atom stereocenters. The van der Waals surface area contributed by atoms with E-state index in [-0.39, 0.29) is 12.4 Å². The maximum atomic E-state index is 12.3. The van der Waals surface area contributed by atoms with Crippen molar-refractivity contribution in [2.24, 2.45) is 0 Å². The van der Waals surface area contributed by atoms with Gasteiger partial charge in [0.2, 0.25) is 5.78 Å². The maximum absolute atomic E-state index is 12.3. The Morgan fingerprint density at radius 3 is 3.00 bits per heavy atom. The summed E-state index contributed by atoms with van der Waals surface area (Å²) in [6.07, 6.45) is 1.74. The number of hydrogen-bond donors (Lipinski definition) is 0. The molecule has 1 aliphatic heterocycles. The number of fused-ring (bicyclic) bond motifs is 1. The van der Waals surface area contributed by atoms with Gasteiger partial charge in [0, 0.05) is 16.5 Å². The molecule has 1 aromatic carbocycles. The van der Waals surface area contributed by atoms with Gasteiger partial charge in [-0.3, -0.25) is 4.79 Å². The molecule has 0 amide bonds. The van der Waals surface area contributed by atoms with Crippen molar-refractivity contribution in [1.29, 1.82) is 5.26 Å². The average Bonchev–Trinajstić information content (AvgIpc) is 3.09. The Morgan fingerprint density at radius 1 is 1.43 bits per heavy atom. The number of nitriles is 1. The normalized spacial score (nSPS) is 14.7. The number of rotatable bonds is 3. The van der Waals surface area contributed by atoms with Gasteiger partial charge in [-0.15, -0.1) is 11.3 Å². The summed E-state index contributed by atoms with van der Waals surface area (Å²) >= 11 is 1.54. The van der Waals surface area contributed by atoms with E-state index in [1.807, 2.05) is 30.5 Å². The molecule has 21 heavy (non-hydrogen) atoms. The number of benzene rings is 1. The molecular weight excluding hydrogens is 286 g/mol. The molecule has 0 aliphatic carbocycles. The first-order chi connectivity index (χ1) is 10.2. The van der Waals surface area contributed by atoms with E-state index in [0.717, 1.165) is 10.4 Å². The predicted octanol–water partition coefficient (Wildman–Crippen LogP) is 3.58. The van der Waals surface area contributed by atoms with Crippen LogP contribution in [0.15, 0.2) is 35.4 Å². The van der Waals surface area contributed by atoms with Gasteiger partial charge in [-0.05, 0) is 30.5 Å². The molecule has 0 unspecified atom stereocenters. The van der Waals surface area contributed by atoms with E-state index in [1.54, 1.807) is 18.2 Å². The molecule has 1 aliphatic rings. The van der Waals surface area contributed by atoms with Crippen molar-refractivity contribution < 1.29 is 14.3 Å². The van der Waals surface area contributed by atoms with E-state index in [1.165, 1.54) is 11.3 Å². The van der Waals surface area contributed by atoms with Crippen molar-refractivity contribution >= 4 is 23.2 Å². The molecule has 0 saturated carbocycles. The maximum Gasteiger partial charge on any atom is 0.232 e. The van der Waals surface area contributed by atoms with Crippen LogP contribution in [-0.4, -0.2) is 12.4 Å². The van der Waals surface area contributed by atoms with E-state index in [2.05, 4.69) is 0 Å². The lowest BCUT2D eigenvalue weighted by molar-refractivity contribution is 0.101. The van der Waals surface area contributed by atoms with Crippen molar-refractivity contribution in [3.05, 3.63) is 51.4 Å². The number of allylic oxidation sites excluding steroid dienone is 1. The second-order valence-electron chi connectivity index (χ2n) is 4.47. The van der Waals surface area contributed by atoms with Gasteiger partial charge in [-0.2, -0.15) is 5.26 Å². The standard InChI is InChI=1S/C16H11NO3S/c1-10-13(19-7-6-17)5-4-12-15(18)14(20-16(10)12)9-11-3-2-8-21-11/h2-5,8-9H,7H2,1H3/b14-9-. The van der Waals surface area contributed by atoms with Crippen molar-refractivity contribution in [2.45, 2.75) is 6.92 Å². The molecule has 0 bridgehead atoms. The Labute approximate surface area is 125 Å². The zero-order valence-electron chi connectivity index (χ0n) is 11.3. The van der Waals surface area contributed by atoms with Gasteiger partial charge in [0.15, 0.2) is 12.4 Å². The molecule has 2 aromatic rings.